The molecule has 0 radical (unpaired) electrons. The van der Waals surface area contributed by atoms with Gasteiger partial charge >= 0.3 is 0 Å². The van der Waals surface area contributed by atoms with Crippen LogP contribution in [0.2, 0.25) is 0 Å². The maximum Gasteiger partial charge on any atom is 0.129 e. The molecule has 0 aliphatic rings. The molecule has 0 aromatic heterocycles. The molecule has 0 fully saturated rings. The van der Waals surface area contributed by atoms with E-state index in [1.807, 2.05) is 6.07 Å². The van der Waals surface area contributed by atoms with Crippen LogP contribution in [0.25, 0.3) is 0 Å². The lowest BCUT2D eigenvalue weighted by atomic mass is 9.98. The van der Waals surface area contributed by atoms with Crippen LogP contribution < -0.4 is 0 Å². The van der Waals surface area contributed by atoms with Crippen molar-refractivity contribution in [3.05, 3.63) is 35.6 Å². The Hall–Kier alpha value is -1.40. The molecule has 2 atom stereocenters. The summed E-state index contributed by atoms with van der Waals surface area (Å²) in [6.07, 6.45) is -1.05. The minimum absolute atomic E-state index is 0.177. The molecule has 0 spiro atoms. The summed E-state index contributed by atoms with van der Waals surface area (Å²) in [4.78, 5) is 0. The van der Waals surface area contributed by atoms with Gasteiger partial charge in [0.15, 0.2) is 0 Å². The van der Waals surface area contributed by atoms with Crippen molar-refractivity contribution in [3.63, 3.8) is 0 Å². The first-order chi connectivity index (χ1) is 6.16. The first-order valence-electron chi connectivity index (χ1n) is 3.99. The summed E-state index contributed by atoms with van der Waals surface area (Å²) in [6.45, 7) is 1.55. The lowest BCUT2D eigenvalue weighted by Gasteiger charge is -2.12. The van der Waals surface area contributed by atoms with Gasteiger partial charge in [-0.3, -0.25) is 0 Å². The van der Waals surface area contributed by atoms with Gasteiger partial charge in [-0.15, -0.1) is 0 Å². The second kappa shape index (κ2) is 4.01. The Labute approximate surface area is 76.2 Å². The third-order valence-corrected chi connectivity index (χ3v) is 1.90. The molecule has 2 nitrogen and oxygen atoms in total. The van der Waals surface area contributed by atoms with E-state index in [2.05, 4.69) is 0 Å². The van der Waals surface area contributed by atoms with E-state index in [0.29, 0.717) is 0 Å². The highest BCUT2D eigenvalue weighted by Gasteiger charge is 2.18. The molecule has 68 valence electrons. The largest absolute Gasteiger partial charge is 0.387 e. The number of nitrogens with zero attached hydrogens (tertiary/aromatic N) is 1. The van der Waals surface area contributed by atoms with Crippen LogP contribution in [0, 0.1) is 23.1 Å². The number of aliphatic hydroxyl groups excluding tert-OH is 1. The van der Waals surface area contributed by atoms with Crippen molar-refractivity contribution < 1.29 is 9.50 Å². The molecule has 0 aliphatic heterocycles. The molecule has 13 heavy (non-hydrogen) atoms. The molecule has 0 amide bonds. The van der Waals surface area contributed by atoms with E-state index < -0.39 is 17.8 Å². The number of hydrogen-bond donors (Lipinski definition) is 1. The topological polar surface area (TPSA) is 44.0 Å². The van der Waals surface area contributed by atoms with Crippen molar-refractivity contribution in [1.29, 1.82) is 5.26 Å². The SMILES string of the molecule is CC(C#N)C(O)c1ccccc1F. The van der Waals surface area contributed by atoms with Crippen molar-refractivity contribution in [1.82, 2.24) is 0 Å². The zero-order valence-corrected chi connectivity index (χ0v) is 7.24. The Morgan fingerprint density at radius 2 is 2.08 bits per heavy atom. The summed E-state index contributed by atoms with van der Waals surface area (Å²) in [7, 11) is 0. The first-order valence-corrected chi connectivity index (χ1v) is 3.99. The molecule has 2 unspecified atom stereocenters. The average molecular weight is 179 g/mol. The normalized spacial score (nSPS) is 14.6. The predicted molar refractivity (Wildman–Crippen MR) is 46.1 cm³/mol. The summed E-state index contributed by atoms with van der Waals surface area (Å²) in [5, 5.41) is 18.0. The van der Waals surface area contributed by atoms with Crippen molar-refractivity contribution in [3.8, 4) is 6.07 Å². The Morgan fingerprint density at radius 1 is 1.46 bits per heavy atom. The van der Waals surface area contributed by atoms with Crippen molar-refractivity contribution in [2.45, 2.75) is 13.0 Å². The van der Waals surface area contributed by atoms with Gasteiger partial charge in [0.1, 0.15) is 5.82 Å². The van der Waals surface area contributed by atoms with Gasteiger partial charge in [-0.25, -0.2) is 4.39 Å². The minimum Gasteiger partial charge on any atom is -0.387 e. The van der Waals surface area contributed by atoms with Gasteiger partial charge in [0, 0.05) is 5.56 Å². The smallest absolute Gasteiger partial charge is 0.129 e. The van der Waals surface area contributed by atoms with Crippen LogP contribution in [0.15, 0.2) is 24.3 Å². The second-order valence-corrected chi connectivity index (χ2v) is 2.88. The van der Waals surface area contributed by atoms with E-state index in [9.17, 15) is 9.50 Å². The van der Waals surface area contributed by atoms with Gasteiger partial charge in [-0.05, 0) is 13.0 Å². The molecule has 0 heterocycles. The fraction of sp³-hybridized carbons (Fsp3) is 0.300. The summed E-state index contributed by atoms with van der Waals surface area (Å²) in [5.41, 5.74) is 0.177. The molecule has 0 saturated heterocycles. The molecule has 0 saturated carbocycles. The number of benzene rings is 1. The van der Waals surface area contributed by atoms with Crippen LogP contribution in [-0.4, -0.2) is 5.11 Å². The number of hydrogen-bond acceptors (Lipinski definition) is 2. The molecular weight excluding hydrogens is 169 g/mol. The molecule has 3 heteroatoms. The van der Waals surface area contributed by atoms with Crippen LogP contribution in [0.3, 0.4) is 0 Å². The Morgan fingerprint density at radius 3 is 2.62 bits per heavy atom. The molecule has 1 N–H and O–H groups in total. The Kier molecular flexibility index (Phi) is 2.99. The van der Waals surface area contributed by atoms with Crippen LogP contribution >= 0.6 is 0 Å². The van der Waals surface area contributed by atoms with Crippen LogP contribution in [0.4, 0.5) is 4.39 Å². The van der Waals surface area contributed by atoms with Crippen LogP contribution in [0.5, 0.6) is 0 Å². The molecule has 0 aliphatic carbocycles. The van der Waals surface area contributed by atoms with Crippen LogP contribution in [0.1, 0.15) is 18.6 Å². The van der Waals surface area contributed by atoms with Gasteiger partial charge in [-0.1, -0.05) is 18.2 Å². The van der Waals surface area contributed by atoms with Gasteiger partial charge < -0.3 is 5.11 Å². The van der Waals surface area contributed by atoms with Crippen LogP contribution in [-0.2, 0) is 0 Å². The predicted octanol–water partition coefficient (Wildman–Crippen LogP) is 2.02. The van der Waals surface area contributed by atoms with Crippen molar-refractivity contribution in [2.75, 3.05) is 0 Å². The number of rotatable bonds is 2. The highest BCUT2D eigenvalue weighted by molar-refractivity contribution is 5.21. The fourth-order valence-corrected chi connectivity index (χ4v) is 1.05. The molecule has 1 rings (SSSR count). The van der Waals surface area contributed by atoms with Crippen molar-refractivity contribution in [2.24, 2.45) is 5.92 Å². The van der Waals surface area contributed by atoms with E-state index in [1.54, 1.807) is 19.1 Å². The lowest BCUT2D eigenvalue weighted by Crippen LogP contribution is -2.08. The molecule has 1 aromatic carbocycles. The minimum atomic E-state index is -1.05. The van der Waals surface area contributed by atoms with E-state index in [4.69, 9.17) is 5.26 Å². The summed E-state index contributed by atoms with van der Waals surface area (Å²) < 4.78 is 13.1. The van der Waals surface area contributed by atoms with E-state index in [0.717, 1.165) is 0 Å². The molecule has 0 bridgehead atoms. The number of aliphatic hydroxyl groups is 1. The van der Waals surface area contributed by atoms with Gasteiger partial charge in [0.2, 0.25) is 0 Å². The first kappa shape index (κ1) is 9.69. The van der Waals surface area contributed by atoms with E-state index in [1.165, 1.54) is 12.1 Å². The van der Waals surface area contributed by atoms with E-state index >= 15 is 0 Å². The number of halogens is 1. The third kappa shape index (κ3) is 2.04. The zero-order valence-electron chi connectivity index (χ0n) is 7.24. The highest BCUT2D eigenvalue weighted by Crippen LogP contribution is 2.23. The zero-order chi connectivity index (χ0) is 9.84. The summed E-state index contributed by atoms with van der Waals surface area (Å²) in [5.74, 6) is -1.08. The highest BCUT2D eigenvalue weighted by atomic mass is 19.1. The summed E-state index contributed by atoms with van der Waals surface area (Å²) >= 11 is 0. The monoisotopic (exact) mass is 179 g/mol. The Bertz CT molecular complexity index is 332. The summed E-state index contributed by atoms with van der Waals surface area (Å²) in [6, 6.07) is 7.80. The van der Waals surface area contributed by atoms with Gasteiger partial charge in [0.05, 0.1) is 18.1 Å². The molecule has 1 aromatic rings. The third-order valence-electron chi connectivity index (χ3n) is 1.90. The quantitative estimate of drug-likeness (QED) is 0.754. The van der Waals surface area contributed by atoms with Crippen molar-refractivity contribution >= 4 is 0 Å². The Balaban J connectivity index is 2.96. The van der Waals surface area contributed by atoms with Gasteiger partial charge in [0.25, 0.3) is 0 Å². The fourth-order valence-electron chi connectivity index (χ4n) is 1.05. The second-order valence-electron chi connectivity index (χ2n) is 2.88. The standard InChI is InChI=1S/C10H10FNO/c1-7(6-12)10(13)8-4-2-3-5-9(8)11/h2-5,7,10,13H,1H3. The molecular formula is C10H10FNO. The van der Waals surface area contributed by atoms with E-state index in [-0.39, 0.29) is 5.56 Å². The number of nitriles is 1. The average Bonchev–Trinajstić information content (AvgIpc) is 2.16. The van der Waals surface area contributed by atoms with Gasteiger partial charge in [-0.2, -0.15) is 5.26 Å². The lowest BCUT2D eigenvalue weighted by molar-refractivity contribution is 0.138. The maximum absolute atomic E-state index is 13.1. The maximum atomic E-state index is 13.1.